The molecule has 2 aromatic rings. The molecule has 1 N–H and O–H groups in total. The Morgan fingerprint density at radius 1 is 1.14 bits per heavy atom. The number of hydrogen-bond acceptors (Lipinski definition) is 4. The van der Waals surface area contributed by atoms with E-state index >= 15 is 0 Å². The van der Waals surface area contributed by atoms with E-state index in [2.05, 4.69) is 10.3 Å². The first kappa shape index (κ1) is 18.6. The second-order valence-electron chi connectivity index (χ2n) is 4.50. The number of rotatable bonds is 7. The molecule has 22 heavy (non-hydrogen) atoms. The Hall–Kier alpha value is -1.49. The Morgan fingerprint density at radius 3 is 2.45 bits per heavy atom. The second-order valence-corrected chi connectivity index (χ2v) is 4.91. The molecular weight excluding hydrogens is 323 g/mol. The summed E-state index contributed by atoms with van der Waals surface area (Å²) in [6, 6.07) is 7.81. The van der Waals surface area contributed by atoms with E-state index in [-0.39, 0.29) is 12.4 Å². The van der Waals surface area contributed by atoms with Crippen molar-refractivity contribution in [3.63, 3.8) is 0 Å². The van der Waals surface area contributed by atoms with E-state index < -0.39 is 0 Å². The molecule has 1 aromatic heterocycles. The summed E-state index contributed by atoms with van der Waals surface area (Å²) in [7, 11) is 1.61. The number of halogens is 2. The molecule has 0 atom stereocenters. The second kappa shape index (κ2) is 9.51. The van der Waals surface area contributed by atoms with Crippen molar-refractivity contribution in [1.29, 1.82) is 0 Å². The minimum absolute atomic E-state index is 0. The minimum atomic E-state index is 0. The van der Waals surface area contributed by atoms with Gasteiger partial charge in [0.2, 0.25) is 0 Å². The first-order valence-corrected chi connectivity index (χ1v) is 7.21. The molecule has 0 aliphatic heterocycles. The van der Waals surface area contributed by atoms with Crippen LogP contribution in [0.25, 0.3) is 0 Å². The number of nitrogens with zero attached hydrogens (tertiary/aromatic N) is 1. The molecule has 0 fully saturated rings. The van der Waals surface area contributed by atoms with Crippen LogP contribution in [-0.2, 0) is 13.1 Å². The Labute approximate surface area is 142 Å². The summed E-state index contributed by atoms with van der Waals surface area (Å²) in [5.41, 5.74) is 2.24. The van der Waals surface area contributed by atoms with Gasteiger partial charge in [0.1, 0.15) is 0 Å². The van der Waals surface area contributed by atoms with Crippen molar-refractivity contribution >= 4 is 24.0 Å². The van der Waals surface area contributed by atoms with Gasteiger partial charge in [-0.15, -0.1) is 12.4 Å². The molecule has 0 aliphatic carbocycles. The van der Waals surface area contributed by atoms with E-state index in [9.17, 15) is 0 Å². The fourth-order valence-corrected chi connectivity index (χ4v) is 2.30. The van der Waals surface area contributed by atoms with Crippen LogP contribution in [-0.4, -0.2) is 18.7 Å². The maximum atomic E-state index is 6.25. The van der Waals surface area contributed by atoms with Crippen LogP contribution >= 0.6 is 24.0 Å². The van der Waals surface area contributed by atoms with Gasteiger partial charge < -0.3 is 14.8 Å². The highest BCUT2D eigenvalue weighted by atomic mass is 35.5. The van der Waals surface area contributed by atoms with Gasteiger partial charge in [0.05, 0.1) is 18.7 Å². The maximum absolute atomic E-state index is 6.25. The lowest BCUT2D eigenvalue weighted by Gasteiger charge is -2.13. The fraction of sp³-hybridized carbons (Fsp3) is 0.312. The number of pyridine rings is 1. The van der Waals surface area contributed by atoms with Crippen molar-refractivity contribution in [2.24, 2.45) is 0 Å². The lowest BCUT2D eigenvalue weighted by Crippen LogP contribution is -2.13. The van der Waals surface area contributed by atoms with E-state index in [1.54, 1.807) is 19.5 Å². The Bertz CT molecular complexity index is 580. The molecule has 120 valence electrons. The van der Waals surface area contributed by atoms with Gasteiger partial charge in [-0.1, -0.05) is 11.6 Å². The third kappa shape index (κ3) is 5.05. The predicted molar refractivity (Wildman–Crippen MR) is 91.2 cm³/mol. The summed E-state index contributed by atoms with van der Waals surface area (Å²) in [6.07, 6.45) is 3.57. The lowest BCUT2D eigenvalue weighted by atomic mass is 10.2. The summed E-state index contributed by atoms with van der Waals surface area (Å²) in [4.78, 5) is 4.00. The summed E-state index contributed by atoms with van der Waals surface area (Å²) in [6.45, 7) is 3.94. The van der Waals surface area contributed by atoms with Crippen molar-refractivity contribution in [3.05, 3.63) is 52.8 Å². The van der Waals surface area contributed by atoms with Crippen molar-refractivity contribution in [3.8, 4) is 11.5 Å². The molecule has 1 aromatic carbocycles. The van der Waals surface area contributed by atoms with Gasteiger partial charge in [-0.05, 0) is 42.3 Å². The van der Waals surface area contributed by atoms with Crippen LogP contribution in [0.4, 0.5) is 0 Å². The Kier molecular flexibility index (Phi) is 8.02. The van der Waals surface area contributed by atoms with Crippen molar-refractivity contribution in [1.82, 2.24) is 10.3 Å². The smallest absolute Gasteiger partial charge is 0.179 e. The average molecular weight is 343 g/mol. The molecule has 1 heterocycles. The highest BCUT2D eigenvalue weighted by Crippen LogP contribution is 2.36. The van der Waals surface area contributed by atoms with Crippen molar-refractivity contribution in [2.75, 3.05) is 13.7 Å². The molecule has 0 aliphatic rings. The third-order valence-electron chi connectivity index (χ3n) is 2.99. The van der Waals surface area contributed by atoms with Crippen molar-refractivity contribution in [2.45, 2.75) is 20.0 Å². The van der Waals surface area contributed by atoms with Crippen LogP contribution in [0.15, 0.2) is 36.7 Å². The van der Waals surface area contributed by atoms with E-state index in [1.165, 1.54) is 5.56 Å². The Balaban J connectivity index is 0.00000242. The van der Waals surface area contributed by atoms with Crippen LogP contribution in [0.3, 0.4) is 0 Å². The SMILES string of the molecule is CCOc1c(Cl)cc(CNCc2ccncc2)cc1OC.Cl. The largest absolute Gasteiger partial charge is 0.493 e. The normalized spacial score (nSPS) is 9.95. The van der Waals surface area contributed by atoms with E-state index in [4.69, 9.17) is 21.1 Å². The average Bonchev–Trinajstić information content (AvgIpc) is 2.51. The highest BCUT2D eigenvalue weighted by molar-refractivity contribution is 6.32. The third-order valence-corrected chi connectivity index (χ3v) is 3.27. The zero-order chi connectivity index (χ0) is 15.1. The van der Waals surface area contributed by atoms with Gasteiger partial charge >= 0.3 is 0 Å². The van der Waals surface area contributed by atoms with Gasteiger partial charge in [0.25, 0.3) is 0 Å². The summed E-state index contributed by atoms with van der Waals surface area (Å²) < 4.78 is 10.8. The molecule has 6 heteroatoms. The molecule has 0 amide bonds. The lowest BCUT2D eigenvalue weighted by molar-refractivity contribution is 0.311. The van der Waals surface area contributed by atoms with E-state index in [0.29, 0.717) is 29.7 Å². The summed E-state index contributed by atoms with van der Waals surface area (Å²) in [5, 5.41) is 3.93. The quantitative estimate of drug-likeness (QED) is 0.829. The molecule has 0 unspecified atom stereocenters. The van der Waals surface area contributed by atoms with Gasteiger partial charge in [0, 0.05) is 25.5 Å². The minimum Gasteiger partial charge on any atom is -0.493 e. The van der Waals surface area contributed by atoms with E-state index in [1.807, 2.05) is 31.2 Å². The van der Waals surface area contributed by atoms with Gasteiger partial charge in [0.15, 0.2) is 11.5 Å². The van der Waals surface area contributed by atoms with Crippen LogP contribution in [0.2, 0.25) is 5.02 Å². The van der Waals surface area contributed by atoms with Crippen LogP contribution in [0.1, 0.15) is 18.1 Å². The summed E-state index contributed by atoms with van der Waals surface area (Å²) in [5.74, 6) is 1.25. The highest BCUT2D eigenvalue weighted by Gasteiger charge is 2.11. The number of ether oxygens (including phenoxy) is 2. The molecule has 2 rings (SSSR count). The van der Waals surface area contributed by atoms with Crippen LogP contribution < -0.4 is 14.8 Å². The number of hydrogen-bond donors (Lipinski definition) is 1. The van der Waals surface area contributed by atoms with E-state index in [0.717, 1.165) is 12.1 Å². The molecule has 0 saturated heterocycles. The van der Waals surface area contributed by atoms with Crippen LogP contribution in [0.5, 0.6) is 11.5 Å². The van der Waals surface area contributed by atoms with Gasteiger partial charge in [-0.25, -0.2) is 0 Å². The number of aromatic nitrogens is 1. The standard InChI is InChI=1S/C16H19ClN2O2.ClH/c1-3-21-16-14(17)8-13(9-15(16)20-2)11-19-10-12-4-6-18-7-5-12;/h4-9,19H,3,10-11H2,1-2H3;1H. The van der Waals surface area contributed by atoms with Crippen LogP contribution in [0, 0.1) is 0 Å². The first-order valence-electron chi connectivity index (χ1n) is 6.83. The molecule has 0 radical (unpaired) electrons. The number of methoxy groups -OCH3 is 1. The monoisotopic (exact) mass is 342 g/mol. The zero-order valence-electron chi connectivity index (χ0n) is 12.6. The topological polar surface area (TPSA) is 43.4 Å². The predicted octanol–water partition coefficient (Wildman–Crippen LogP) is 3.85. The first-order chi connectivity index (χ1) is 10.2. The summed E-state index contributed by atoms with van der Waals surface area (Å²) >= 11 is 6.25. The van der Waals surface area contributed by atoms with Crippen molar-refractivity contribution < 1.29 is 9.47 Å². The van der Waals surface area contributed by atoms with Gasteiger partial charge in [-0.3, -0.25) is 4.98 Å². The fourth-order valence-electron chi connectivity index (χ4n) is 2.01. The maximum Gasteiger partial charge on any atom is 0.179 e. The molecule has 4 nitrogen and oxygen atoms in total. The number of benzene rings is 1. The zero-order valence-corrected chi connectivity index (χ0v) is 14.2. The number of nitrogens with one attached hydrogen (secondary N) is 1. The molecule has 0 saturated carbocycles. The molecular formula is C16H20Cl2N2O2. The molecule has 0 bridgehead atoms. The molecule has 0 spiro atoms. The van der Waals surface area contributed by atoms with Gasteiger partial charge in [-0.2, -0.15) is 0 Å². The Morgan fingerprint density at radius 2 is 1.82 bits per heavy atom.